The lowest BCUT2D eigenvalue weighted by Gasteiger charge is -2.28. The maximum absolute atomic E-state index is 12.4. The van der Waals surface area contributed by atoms with Crippen LogP contribution in [-0.2, 0) is 0 Å². The van der Waals surface area contributed by atoms with Gasteiger partial charge in [0, 0.05) is 37.1 Å². The molecule has 3 rings (SSSR count). The number of rotatable bonds is 6. The molecule has 2 heterocycles. The fraction of sp³-hybridized carbons (Fsp3) is 0.421. The molecule has 0 aliphatic carbocycles. The Morgan fingerprint density at radius 1 is 1.12 bits per heavy atom. The third-order valence-corrected chi connectivity index (χ3v) is 4.30. The number of nitrogens with zero attached hydrogens (tertiary/aromatic N) is 3. The van der Waals surface area contributed by atoms with Gasteiger partial charge < -0.3 is 15.5 Å². The minimum atomic E-state index is -0.229. The Balaban J connectivity index is 1.62. The van der Waals surface area contributed by atoms with Crippen molar-refractivity contribution in [3.05, 3.63) is 42.4 Å². The fourth-order valence-corrected chi connectivity index (χ4v) is 2.93. The van der Waals surface area contributed by atoms with Gasteiger partial charge in [0.15, 0.2) is 0 Å². The van der Waals surface area contributed by atoms with E-state index in [0.29, 0.717) is 11.5 Å². The molecule has 1 amide bonds. The Morgan fingerprint density at radius 2 is 1.88 bits per heavy atom. The summed E-state index contributed by atoms with van der Waals surface area (Å²) in [7, 11) is 0. The van der Waals surface area contributed by atoms with Crippen LogP contribution in [0, 0.1) is 0 Å². The average Bonchev–Trinajstić information content (AvgIpc) is 2.68. The molecule has 1 saturated heterocycles. The minimum absolute atomic E-state index is 0.229. The first-order valence-electron chi connectivity index (χ1n) is 8.98. The number of nitrogens with one attached hydrogen (secondary N) is 2. The lowest BCUT2D eigenvalue weighted by Crippen LogP contribution is -2.29. The van der Waals surface area contributed by atoms with E-state index in [1.165, 1.54) is 31.3 Å². The van der Waals surface area contributed by atoms with Gasteiger partial charge in [-0.25, -0.2) is 9.97 Å². The van der Waals surface area contributed by atoms with Crippen LogP contribution in [-0.4, -0.2) is 35.5 Å². The zero-order chi connectivity index (χ0) is 17.5. The largest absolute Gasteiger partial charge is 0.372 e. The van der Waals surface area contributed by atoms with Crippen LogP contribution in [0.4, 0.5) is 17.2 Å². The van der Waals surface area contributed by atoms with Crippen molar-refractivity contribution in [1.82, 2.24) is 9.97 Å². The van der Waals surface area contributed by atoms with Crippen molar-refractivity contribution in [1.29, 1.82) is 0 Å². The van der Waals surface area contributed by atoms with Crippen LogP contribution in [0.2, 0.25) is 0 Å². The normalized spacial score (nSPS) is 14.2. The molecule has 1 aliphatic heterocycles. The Bertz CT molecular complexity index is 695. The fourth-order valence-electron chi connectivity index (χ4n) is 2.93. The van der Waals surface area contributed by atoms with Gasteiger partial charge in [-0.3, -0.25) is 4.79 Å². The molecule has 1 fully saturated rings. The van der Waals surface area contributed by atoms with Crippen LogP contribution < -0.4 is 15.5 Å². The molecule has 0 bridgehead atoms. The van der Waals surface area contributed by atoms with Gasteiger partial charge in [0.05, 0.1) is 0 Å². The van der Waals surface area contributed by atoms with Gasteiger partial charge >= 0.3 is 0 Å². The SMILES string of the molecule is CCCNc1cc(C(=O)Nc2ccc(N3CCCCC3)cc2)ncn1. The predicted molar refractivity (Wildman–Crippen MR) is 101 cm³/mol. The molecule has 1 aromatic heterocycles. The number of piperidine rings is 1. The van der Waals surface area contributed by atoms with Crippen molar-refractivity contribution in [3.8, 4) is 0 Å². The molecule has 25 heavy (non-hydrogen) atoms. The Kier molecular flexibility index (Phi) is 5.82. The first-order chi connectivity index (χ1) is 12.3. The first kappa shape index (κ1) is 17.2. The number of amides is 1. The number of hydrogen-bond acceptors (Lipinski definition) is 5. The molecule has 1 aromatic carbocycles. The molecule has 0 spiro atoms. The summed E-state index contributed by atoms with van der Waals surface area (Å²) in [5.41, 5.74) is 2.34. The molecule has 1 aliphatic rings. The molecule has 0 atom stereocenters. The molecular weight excluding hydrogens is 314 g/mol. The summed E-state index contributed by atoms with van der Waals surface area (Å²) < 4.78 is 0. The topological polar surface area (TPSA) is 70.2 Å². The van der Waals surface area contributed by atoms with E-state index >= 15 is 0 Å². The van der Waals surface area contributed by atoms with E-state index in [9.17, 15) is 4.79 Å². The van der Waals surface area contributed by atoms with Crippen LogP contribution in [0.1, 0.15) is 43.1 Å². The third-order valence-electron chi connectivity index (χ3n) is 4.30. The zero-order valence-electron chi connectivity index (χ0n) is 14.7. The number of hydrogen-bond donors (Lipinski definition) is 2. The maximum atomic E-state index is 12.4. The highest BCUT2D eigenvalue weighted by molar-refractivity contribution is 6.03. The molecule has 0 saturated carbocycles. The molecule has 2 aromatic rings. The van der Waals surface area contributed by atoms with Crippen LogP contribution in [0.5, 0.6) is 0 Å². The summed E-state index contributed by atoms with van der Waals surface area (Å²) in [5.74, 6) is 0.440. The second kappa shape index (κ2) is 8.46. The Morgan fingerprint density at radius 3 is 2.60 bits per heavy atom. The summed E-state index contributed by atoms with van der Waals surface area (Å²) in [4.78, 5) is 23.0. The lowest BCUT2D eigenvalue weighted by atomic mass is 10.1. The van der Waals surface area contributed by atoms with Crippen molar-refractivity contribution in [3.63, 3.8) is 0 Å². The summed E-state index contributed by atoms with van der Waals surface area (Å²) in [6.07, 6.45) is 6.22. The van der Waals surface area contributed by atoms with Crippen molar-refractivity contribution in [2.45, 2.75) is 32.6 Å². The van der Waals surface area contributed by atoms with Crippen molar-refractivity contribution in [2.24, 2.45) is 0 Å². The summed E-state index contributed by atoms with van der Waals surface area (Å²) in [6, 6.07) is 9.69. The lowest BCUT2D eigenvalue weighted by molar-refractivity contribution is 0.102. The second-order valence-electron chi connectivity index (χ2n) is 6.26. The standard InChI is InChI=1S/C19H25N5O/c1-2-10-20-18-13-17(21-14-22-18)19(25)23-15-6-8-16(9-7-15)24-11-4-3-5-12-24/h6-9,13-14H,2-5,10-12H2,1H3,(H,23,25)(H,20,21,22). The quantitative estimate of drug-likeness (QED) is 0.842. The second-order valence-corrected chi connectivity index (χ2v) is 6.26. The van der Waals surface area contributed by atoms with Crippen molar-refractivity contribution in [2.75, 3.05) is 35.2 Å². The van der Waals surface area contributed by atoms with E-state index in [0.717, 1.165) is 31.7 Å². The van der Waals surface area contributed by atoms with Crippen molar-refractivity contribution >= 4 is 23.1 Å². The first-order valence-corrected chi connectivity index (χ1v) is 8.98. The van der Waals surface area contributed by atoms with Crippen LogP contribution in [0.3, 0.4) is 0 Å². The smallest absolute Gasteiger partial charge is 0.274 e. The zero-order valence-corrected chi connectivity index (χ0v) is 14.7. The van der Waals surface area contributed by atoms with E-state index in [1.54, 1.807) is 6.07 Å². The molecule has 0 radical (unpaired) electrons. The average molecular weight is 339 g/mol. The third kappa shape index (κ3) is 4.68. The van der Waals surface area contributed by atoms with Crippen LogP contribution in [0.15, 0.2) is 36.7 Å². The number of anilines is 3. The van der Waals surface area contributed by atoms with Gasteiger partial charge in [-0.2, -0.15) is 0 Å². The van der Waals surface area contributed by atoms with Crippen LogP contribution >= 0.6 is 0 Å². The molecular formula is C19H25N5O. The van der Waals surface area contributed by atoms with Crippen LogP contribution in [0.25, 0.3) is 0 Å². The molecule has 6 heteroatoms. The molecule has 6 nitrogen and oxygen atoms in total. The summed E-state index contributed by atoms with van der Waals surface area (Å²) in [5, 5.41) is 6.06. The van der Waals surface area contributed by atoms with Gasteiger partial charge in [0.1, 0.15) is 17.8 Å². The Hall–Kier alpha value is -2.63. The molecule has 2 N–H and O–H groups in total. The monoisotopic (exact) mass is 339 g/mol. The van der Waals surface area contributed by atoms with Gasteiger partial charge in [-0.15, -0.1) is 0 Å². The number of benzene rings is 1. The van der Waals surface area contributed by atoms with Gasteiger partial charge in [0.2, 0.25) is 0 Å². The number of carbonyl (C=O) groups is 1. The van der Waals surface area contributed by atoms with E-state index in [-0.39, 0.29) is 5.91 Å². The van der Waals surface area contributed by atoms with Gasteiger partial charge in [0.25, 0.3) is 5.91 Å². The van der Waals surface area contributed by atoms with E-state index in [1.807, 2.05) is 12.1 Å². The molecule has 0 unspecified atom stereocenters. The maximum Gasteiger partial charge on any atom is 0.274 e. The number of carbonyl (C=O) groups excluding carboxylic acids is 1. The summed E-state index contributed by atoms with van der Waals surface area (Å²) in [6.45, 7) is 5.12. The van der Waals surface area contributed by atoms with E-state index in [4.69, 9.17) is 0 Å². The summed E-state index contributed by atoms with van der Waals surface area (Å²) >= 11 is 0. The Labute approximate surface area is 148 Å². The van der Waals surface area contributed by atoms with Gasteiger partial charge in [-0.1, -0.05) is 6.92 Å². The minimum Gasteiger partial charge on any atom is -0.372 e. The highest BCUT2D eigenvalue weighted by atomic mass is 16.1. The number of aromatic nitrogens is 2. The predicted octanol–water partition coefficient (Wildman–Crippen LogP) is 3.54. The van der Waals surface area contributed by atoms with E-state index in [2.05, 4.69) is 44.6 Å². The molecule has 132 valence electrons. The van der Waals surface area contributed by atoms with Crippen molar-refractivity contribution < 1.29 is 4.79 Å². The highest BCUT2D eigenvalue weighted by Crippen LogP contribution is 2.22. The van der Waals surface area contributed by atoms with E-state index < -0.39 is 0 Å². The van der Waals surface area contributed by atoms with Gasteiger partial charge in [-0.05, 0) is 49.9 Å². The highest BCUT2D eigenvalue weighted by Gasteiger charge is 2.12.